The monoisotopic (exact) mass is 110 g/mol. The summed E-state index contributed by atoms with van der Waals surface area (Å²) in [6, 6.07) is 0. The van der Waals surface area contributed by atoms with Gasteiger partial charge in [-0.25, -0.2) is 0 Å². The Balaban J connectivity index is 2.50. The second-order valence-corrected chi connectivity index (χ2v) is 2.05. The van der Waals surface area contributed by atoms with Crippen molar-refractivity contribution < 1.29 is 5.11 Å². The lowest BCUT2D eigenvalue weighted by atomic mass is 10.1. The van der Waals surface area contributed by atoms with Crippen LogP contribution in [-0.2, 0) is 0 Å². The molecule has 1 nitrogen and oxygen atoms in total. The van der Waals surface area contributed by atoms with Crippen LogP contribution in [-0.4, -0.2) is 11.2 Å². The van der Waals surface area contributed by atoms with Gasteiger partial charge in [0.05, 0.1) is 6.10 Å². The molecular weight excluding hydrogens is 100 g/mol. The summed E-state index contributed by atoms with van der Waals surface area (Å²) in [7, 11) is 0. The fourth-order valence-electron chi connectivity index (χ4n) is 0.893. The maximum atomic E-state index is 9.03. The van der Waals surface area contributed by atoms with E-state index < -0.39 is 0 Å². The molecule has 0 saturated heterocycles. The summed E-state index contributed by atoms with van der Waals surface area (Å²) in [6.07, 6.45) is 6.27. The molecule has 0 unspecified atom stereocenters. The molecule has 0 bridgehead atoms. The average molecular weight is 110 g/mol. The molecular formula is C7H10O. The zero-order chi connectivity index (χ0) is 5.98. The molecule has 1 heteroatoms. The summed E-state index contributed by atoms with van der Waals surface area (Å²) in [4.78, 5) is 0. The number of aliphatic hydroxyl groups is 1. The third-order valence-corrected chi connectivity index (χ3v) is 1.48. The van der Waals surface area contributed by atoms with Crippen LogP contribution in [0.25, 0.3) is 0 Å². The number of aliphatic hydroxyl groups excluding tert-OH is 1. The topological polar surface area (TPSA) is 20.2 Å². The van der Waals surface area contributed by atoms with Gasteiger partial charge in [-0.1, -0.05) is 18.2 Å². The quantitative estimate of drug-likeness (QED) is 0.501. The Hall–Kier alpha value is -0.560. The Labute approximate surface area is 49.3 Å². The van der Waals surface area contributed by atoms with Gasteiger partial charge in [-0.3, -0.25) is 0 Å². The van der Waals surface area contributed by atoms with Crippen LogP contribution in [0.15, 0.2) is 24.8 Å². The van der Waals surface area contributed by atoms with Gasteiger partial charge in [0.25, 0.3) is 0 Å². The van der Waals surface area contributed by atoms with Crippen molar-refractivity contribution in [1.82, 2.24) is 0 Å². The summed E-state index contributed by atoms with van der Waals surface area (Å²) < 4.78 is 0. The van der Waals surface area contributed by atoms with Gasteiger partial charge in [-0.2, -0.15) is 0 Å². The molecule has 0 aromatic carbocycles. The summed E-state index contributed by atoms with van der Waals surface area (Å²) in [5.74, 6) is 0.273. The zero-order valence-corrected chi connectivity index (χ0v) is 4.75. The normalized spacial score (nSPS) is 35.6. The molecule has 1 aliphatic rings. The van der Waals surface area contributed by atoms with Crippen LogP contribution in [0.4, 0.5) is 0 Å². The van der Waals surface area contributed by atoms with Crippen molar-refractivity contribution in [3.8, 4) is 0 Å². The van der Waals surface area contributed by atoms with Crippen LogP contribution < -0.4 is 0 Å². The van der Waals surface area contributed by atoms with Crippen LogP contribution in [0.3, 0.4) is 0 Å². The zero-order valence-electron chi connectivity index (χ0n) is 4.75. The predicted molar refractivity (Wildman–Crippen MR) is 33.5 cm³/mol. The highest BCUT2D eigenvalue weighted by atomic mass is 16.3. The summed E-state index contributed by atoms with van der Waals surface area (Å²) in [5.41, 5.74) is 0. The highest BCUT2D eigenvalue weighted by molar-refractivity contribution is 5.06. The van der Waals surface area contributed by atoms with Gasteiger partial charge in [0.15, 0.2) is 0 Å². The van der Waals surface area contributed by atoms with E-state index in [-0.39, 0.29) is 12.0 Å². The van der Waals surface area contributed by atoms with Gasteiger partial charge in [0.1, 0.15) is 0 Å². The van der Waals surface area contributed by atoms with E-state index in [0.29, 0.717) is 0 Å². The second-order valence-electron chi connectivity index (χ2n) is 2.05. The summed E-state index contributed by atoms with van der Waals surface area (Å²) in [6.45, 7) is 3.59. The number of rotatable bonds is 1. The van der Waals surface area contributed by atoms with Crippen molar-refractivity contribution in [2.75, 3.05) is 0 Å². The molecule has 44 valence electrons. The number of hydrogen-bond acceptors (Lipinski definition) is 1. The first-order valence-corrected chi connectivity index (χ1v) is 2.82. The first-order valence-electron chi connectivity index (χ1n) is 2.82. The van der Waals surface area contributed by atoms with Gasteiger partial charge in [0, 0.05) is 5.92 Å². The van der Waals surface area contributed by atoms with E-state index in [0.717, 1.165) is 6.42 Å². The van der Waals surface area contributed by atoms with Crippen LogP contribution in [0, 0.1) is 5.92 Å². The molecule has 0 heterocycles. The predicted octanol–water partition coefficient (Wildman–Crippen LogP) is 1.11. The first-order chi connectivity index (χ1) is 3.84. The average Bonchev–Trinajstić information content (AvgIpc) is 2.14. The van der Waals surface area contributed by atoms with E-state index in [1.165, 1.54) is 0 Å². The van der Waals surface area contributed by atoms with E-state index in [2.05, 4.69) is 6.58 Å². The molecule has 0 radical (unpaired) electrons. The minimum atomic E-state index is -0.271. The van der Waals surface area contributed by atoms with Gasteiger partial charge >= 0.3 is 0 Å². The molecule has 0 fully saturated rings. The van der Waals surface area contributed by atoms with Crippen LogP contribution in [0.5, 0.6) is 0 Å². The fraction of sp³-hybridized carbons (Fsp3) is 0.429. The molecule has 1 N–H and O–H groups in total. The van der Waals surface area contributed by atoms with E-state index >= 15 is 0 Å². The number of allylic oxidation sites excluding steroid dienone is 1. The summed E-state index contributed by atoms with van der Waals surface area (Å²) >= 11 is 0. The van der Waals surface area contributed by atoms with Gasteiger partial charge in [0.2, 0.25) is 0 Å². The Morgan fingerprint density at radius 1 is 1.75 bits per heavy atom. The largest absolute Gasteiger partial charge is 0.388 e. The highest BCUT2D eigenvalue weighted by Crippen LogP contribution is 2.18. The standard InChI is InChI=1S/C7H10O/c1-2-6-4-3-5-7(6)8/h2-3,5-8H,1,4H2/t6-,7-/m1/s1. The minimum Gasteiger partial charge on any atom is -0.388 e. The Bertz CT molecular complexity index is 116. The smallest absolute Gasteiger partial charge is 0.0786 e. The second kappa shape index (κ2) is 2.14. The molecule has 0 saturated carbocycles. The summed E-state index contributed by atoms with van der Waals surface area (Å²) in [5, 5.41) is 9.03. The van der Waals surface area contributed by atoms with Gasteiger partial charge in [-0.05, 0) is 6.42 Å². The van der Waals surface area contributed by atoms with Gasteiger partial charge in [-0.15, -0.1) is 6.58 Å². The maximum absolute atomic E-state index is 9.03. The molecule has 2 atom stereocenters. The molecule has 0 aliphatic heterocycles. The maximum Gasteiger partial charge on any atom is 0.0786 e. The molecule has 8 heavy (non-hydrogen) atoms. The van der Waals surface area contributed by atoms with Crippen molar-refractivity contribution in [3.63, 3.8) is 0 Å². The van der Waals surface area contributed by atoms with Crippen molar-refractivity contribution >= 4 is 0 Å². The van der Waals surface area contributed by atoms with E-state index in [1.807, 2.05) is 12.2 Å². The van der Waals surface area contributed by atoms with Crippen molar-refractivity contribution in [2.45, 2.75) is 12.5 Å². The lowest BCUT2D eigenvalue weighted by Gasteiger charge is -2.05. The van der Waals surface area contributed by atoms with Crippen LogP contribution in [0.2, 0.25) is 0 Å². The van der Waals surface area contributed by atoms with Gasteiger partial charge < -0.3 is 5.11 Å². The van der Waals surface area contributed by atoms with Crippen LogP contribution in [0.1, 0.15) is 6.42 Å². The molecule has 0 spiro atoms. The van der Waals surface area contributed by atoms with E-state index in [9.17, 15) is 0 Å². The Kier molecular flexibility index (Phi) is 1.49. The molecule has 0 amide bonds. The Morgan fingerprint density at radius 2 is 2.50 bits per heavy atom. The fourth-order valence-corrected chi connectivity index (χ4v) is 0.893. The molecule has 1 rings (SSSR count). The Morgan fingerprint density at radius 3 is 2.75 bits per heavy atom. The first kappa shape index (κ1) is 5.57. The third-order valence-electron chi connectivity index (χ3n) is 1.48. The lowest BCUT2D eigenvalue weighted by molar-refractivity contribution is 0.189. The van der Waals surface area contributed by atoms with Crippen molar-refractivity contribution in [1.29, 1.82) is 0 Å². The molecule has 1 aliphatic carbocycles. The molecule has 0 aromatic rings. The number of hydrogen-bond donors (Lipinski definition) is 1. The lowest BCUT2D eigenvalue weighted by Crippen LogP contribution is -2.09. The van der Waals surface area contributed by atoms with Crippen molar-refractivity contribution in [3.05, 3.63) is 24.8 Å². The van der Waals surface area contributed by atoms with Crippen molar-refractivity contribution in [2.24, 2.45) is 5.92 Å². The highest BCUT2D eigenvalue weighted by Gasteiger charge is 2.15. The van der Waals surface area contributed by atoms with E-state index in [4.69, 9.17) is 5.11 Å². The molecule has 0 aromatic heterocycles. The third kappa shape index (κ3) is 0.819. The van der Waals surface area contributed by atoms with E-state index in [1.54, 1.807) is 6.08 Å². The minimum absolute atomic E-state index is 0.271. The van der Waals surface area contributed by atoms with Crippen LogP contribution >= 0.6 is 0 Å². The SMILES string of the molecule is C=C[C@@H]1CC=C[C@H]1O.